The zero-order chi connectivity index (χ0) is 15.1. The zero-order valence-corrected chi connectivity index (χ0v) is 12.8. The molecule has 0 amide bonds. The largest absolute Gasteiger partial charge is 0.465 e. The maximum absolute atomic E-state index is 12.4. The molecule has 114 valence electrons. The van der Waals surface area contributed by atoms with E-state index in [0.29, 0.717) is 19.7 Å². The smallest absolute Gasteiger partial charge is 0.326 e. The highest BCUT2D eigenvalue weighted by molar-refractivity contribution is 5.81. The van der Waals surface area contributed by atoms with Gasteiger partial charge in [0.05, 0.1) is 6.61 Å². The van der Waals surface area contributed by atoms with Gasteiger partial charge < -0.3 is 10.1 Å². The highest BCUT2D eigenvalue weighted by Gasteiger charge is 2.46. The molecule has 0 heterocycles. The lowest BCUT2D eigenvalue weighted by Gasteiger charge is -2.43. The first-order valence-electron chi connectivity index (χ1n) is 7.39. The molecule has 0 aromatic rings. The highest BCUT2D eigenvalue weighted by atomic mass is 16.5. The predicted octanol–water partition coefficient (Wildman–Crippen LogP) is 3.18. The second kappa shape index (κ2) is 7.50. The third-order valence-corrected chi connectivity index (χ3v) is 3.87. The normalized spacial score (nSPS) is 24.8. The number of hydrogen-bond donors (Lipinski definition) is 1. The van der Waals surface area contributed by atoms with Crippen molar-refractivity contribution >= 4 is 5.97 Å². The van der Waals surface area contributed by atoms with E-state index < -0.39 is 5.54 Å². The van der Waals surface area contributed by atoms with Crippen molar-refractivity contribution in [2.24, 2.45) is 10.5 Å². The third-order valence-electron chi connectivity index (χ3n) is 3.87. The summed E-state index contributed by atoms with van der Waals surface area (Å²) in [6.07, 6.45) is 4.49. The molecule has 0 bridgehead atoms. The summed E-state index contributed by atoms with van der Waals surface area (Å²) in [4.78, 5) is 15.1. The van der Waals surface area contributed by atoms with E-state index in [1.54, 1.807) is 0 Å². The average molecular weight is 282 g/mol. The van der Waals surface area contributed by atoms with Crippen LogP contribution in [0.2, 0.25) is 0 Å². The van der Waals surface area contributed by atoms with Gasteiger partial charge in [-0.15, -0.1) is 0 Å². The Balaban J connectivity index is 2.68. The Kier molecular flexibility index (Phi) is 6.30. The van der Waals surface area contributed by atoms with Crippen LogP contribution in [-0.4, -0.2) is 31.2 Å². The Labute approximate surface area is 120 Å². The number of carbonyl (C=O) groups is 1. The lowest BCUT2D eigenvalue weighted by Crippen LogP contribution is -2.57. The van der Waals surface area contributed by atoms with Crippen LogP contribution in [-0.2, 0) is 9.53 Å². The van der Waals surface area contributed by atoms with Crippen LogP contribution in [0.1, 0.15) is 52.9 Å². The Morgan fingerprint density at radius 2 is 2.20 bits per heavy atom. The number of esters is 1. The van der Waals surface area contributed by atoms with Crippen LogP contribution in [0.15, 0.2) is 5.11 Å². The summed E-state index contributed by atoms with van der Waals surface area (Å²) in [6.45, 7) is 7.74. The molecule has 1 atom stereocenters. The third kappa shape index (κ3) is 4.69. The molecule has 0 aromatic heterocycles. The Morgan fingerprint density at radius 3 is 2.80 bits per heavy atom. The van der Waals surface area contributed by atoms with Crippen LogP contribution in [0, 0.1) is 5.41 Å². The number of nitrogens with zero attached hydrogens (tertiary/aromatic N) is 3. The lowest BCUT2D eigenvalue weighted by atomic mass is 9.68. The van der Waals surface area contributed by atoms with Crippen LogP contribution in [0.4, 0.5) is 0 Å². The van der Waals surface area contributed by atoms with Crippen molar-refractivity contribution in [2.45, 2.75) is 58.4 Å². The summed E-state index contributed by atoms with van der Waals surface area (Å²) in [6, 6.07) is 0. The summed E-state index contributed by atoms with van der Waals surface area (Å²) in [7, 11) is 0. The minimum absolute atomic E-state index is 0.142. The van der Waals surface area contributed by atoms with Gasteiger partial charge in [-0.2, -0.15) is 0 Å². The van der Waals surface area contributed by atoms with Gasteiger partial charge in [0, 0.05) is 11.5 Å². The van der Waals surface area contributed by atoms with Gasteiger partial charge >= 0.3 is 5.97 Å². The first-order chi connectivity index (χ1) is 9.46. The second-order valence-corrected chi connectivity index (χ2v) is 6.23. The quantitative estimate of drug-likeness (QED) is 0.256. The van der Waals surface area contributed by atoms with Crippen molar-refractivity contribution in [1.29, 1.82) is 0 Å². The number of carbonyl (C=O) groups excluding carboxylic acids is 1. The summed E-state index contributed by atoms with van der Waals surface area (Å²) in [5.41, 5.74) is 7.82. The number of rotatable bonds is 7. The zero-order valence-electron chi connectivity index (χ0n) is 12.8. The van der Waals surface area contributed by atoms with Crippen LogP contribution in [0.25, 0.3) is 10.4 Å². The molecule has 0 radical (unpaired) electrons. The minimum atomic E-state index is -0.575. The van der Waals surface area contributed by atoms with E-state index in [0.717, 1.165) is 32.1 Å². The monoisotopic (exact) mass is 282 g/mol. The summed E-state index contributed by atoms with van der Waals surface area (Å²) >= 11 is 0. The van der Waals surface area contributed by atoms with E-state index in [-0.39, 0.29) is 11.4 Å². The number of ether oxygens (including phenoxy) is 1. The van der Waals surface area contributed by atoms with Gasteiger partial charge in [0.15, 0.2) is 0 Å². The molecular formula is C14H26N4O2. The molecule has 1 aliphatic carbocycles. The maximum atomic E-state index is 12.4. The van der Waals surface area contributed by atoms with Crippen LogP contribution in [0.5, 0.6) is 0 Å². The molecule has 6 heteroatoms. The molecular weight excluding hydrogens is 256 g/mol. The topological polar surface area (TPSA) is 87.1 Å². The lowest BCUT2D eigenvalue weighted by molar-refractivity contribution is -0.154. The van der Waals surface area contributed by atoms with Crippen molar-refractivity contribution < 1.29 is 9.53 Å². The molecule has 0 aliphatic heterocycles. The van der Waals surface area contributed by atoms with Crippen molar-refractivity contribution in [3.8, 4) is 0 Å². The summed E-state index contributed by atoms with van der Waals surface area (Å²) in [5.74, 6) is -0.142. The summed E-state index contributed by atoms with van der Waals surface area (Å²) < 4.78 is 5.27. The van der Waals surface area contributed by atoms with E-state index in [9.17, 15) is 4.79 Å². The second-order valence-electron chi connectivity index (χ2n) is 6.23. The molecule has 0 aromatic carbocycles. The van der Waals surface area contributed by atoms with Crippen molar-refractivity contribution in [2.75, 3.05) is 19.7 Å². The van der Waals surface area contributed by atoms with E-state index in [1.165, 1.54) is 0 Å². The molecule has 0 saturated heterocycles. The van der Waals surface area contributed by atoms with E-state index >= 15 is 0 Å². The molecule has 20 heavy (non-hydrogen) atoms. The van der Waals surface area contributed by atoms with Gasteiger partial charge in [0.1, 0.15) is 5.54 Å². The molecule has 1 rings (SSSR count). The van der Waals surface area contributed by atoms with Crippen LogP contribution >= 0.6 is 0 Å². The van der Waals surface area contributed by atoms with Gasteiger partial charge in [-0.3, -0.25) is 4.79 Å². The van der Waals surface area contributed by atoms with Crippen molar-refractivity contribution in [3.05, 3.63) is 10.4 Å². The van der Waals surface area contributed by atoms with Gasteiger partial charge in [-0.05, 0) is 50.1 Å². The molecule has 0 spiro atoms. The molecule has 1 saturated carbocycles. The predicted molar refractivity (Wildman–Crippen MR) is 78.2 cm³/mol. The molecule has 1 unspecified atom stereocenters. The molecule has 1 aliphatic rings. The molecule has 1 N–H and O–H groups in total. The fourth-order valence-corrected chi connectivity index (χ4v) is 3.05. The standard InChI is InChI=1S/C14H26N4O2/c1-4-20-12(19)14(16-9-6-10-17-18-15)8-5-7-13(2,3)11-14/h16H,4-11H2,1-3H3. The molecule has 1 fully saturated rings. The molecule has 6 nitrogen and oxygen atoms in total. The van der Waals surface area contributed by atoms with Crippen molar-refractivity contribution in [3.63, 3.8) is 0 Å². The van der Waals surface area contributed by atoms with Crippen LogP contribution < -0.4 is 5.32 Å². The average Bonchev–Trinajstić information content (AvgIpc) is 2.37. The van der Waals surface area contributed by atoms with Gasteiger partial charge in [0.2, 0.25) is 0 Å². The Bertz CT molecular complexity index is 377. The highest BCUT2D eigenvalue weighted by Crippen LogP contribution is 2.41. The number of hydrogen-bond acceptors (Lipinski definition) is 4. The van der Waals surface area contributed by atoms with Gasteiger partial charge in [-0.1, -0.05) is 25.4 Å². The van der Waals surface area contributed by atoms with E-state index in [4.69, 9.17) is 10.3 Å². The Hall–Kier alpha value is -1.26. The Morgan fingerprint density at radius 1 is 1.45 bits per heavy atom. The van der Waals surface area contributed by atoms with E-state index in [2.05, 4.69) is 29.2 Å². The first-order valence-corrected chi connectivity index (χ1v) is 7.39. The fraction of sp³-hybridized carbons (Fsp3) is 0.929. The van der Waals surface area contributed by atoms with Gasteiger partial charge in [0.25, 0.3) is 0 Å². The fourth-order valence-electron chi connectivity index (χ4n) is 3.05. The first kappa shape index (κ1) is 16.8. The minimum Gasteiger partial charge on any atom is -0.465 e. The maximum Gasteiger partial charge on any atom is 0.326 e. The number of nitrogens with one attached hydrogen (secondary N) is 1. The summed E-state index contributed by atoms with van der Waals surface area (Å²) in [5, 5.41) is 6.89. The number of azide groups is 1. The SMILES string of the molecule is CCOC(=O)C1(NCCCN=[N+]=[N-])CCCC(C)(C)C1. The van der Waals surface area contributed by atoms with Crippen LogP contribution in [0.3, 0.4) is 0 Å². The van der Waals surface area contributed by atoms with Gasteiger partial charge in [-0.25, -0.2) is 0 Å². The van der Waals surface area contributed by atoms with E-state index in [1.807, 2.05) is 6.92 Å². The van der Waals surface area contributed by atoms with Crippen molar-refractivity contribution in [1.82, 2.24) is 5.32 Å².